The molecule has 2 aliphatic carbocycles. The summed E-state index contributed by atoms with van der Waals surface area (Å²) in [6.07, 6.45) is 8.01. The first-order valence-corrected chi connectivity index (χ1v) is 10.3. The predicted octanol–water partition coefficient (Wildman–Crippen LogP) is 4.80. The number of likely N-dealkylation sites (tertiary alicyclic amines) is 1. The minimum absolute atomic E-state index is 0.157. The Labute approximate surface area is 157 Å². The molecule has 2 aromatic rings. The van der Waals surface area contributed by atoms with Crippen LogP contribution in [0.1, 0.15) is 48.8 Å². The SMILES string of the molecule is COc1ccc2c(c1)C1(c3ccccc3)CCN(CC3CCC3)C(C2)C1. The Morgan fingerprint density at radius 2 is 1.96 bits per heavy atom. The summed E-state index contributed by atoms with van der Waals surface area (Å²) in [5, 5.41) is 0. The van der Waals surface area contributed by atoms with E-state index >= 15 is 0 Å². The van der Waals surface area contributed by atoms with Crippen LogP contribution >= 0.6 is 0 Å². The minimum Gasteiger partial charge on any atom is -0.497 e. The van der Waals surface area contributed by atoms with Crippen LogP contribution in [0.5, 0.6) is 5.75 Å². The van der Waals surface area contributed by atoms with Gasteiger partial charge in [0.15, 0.2) is 0 Å². The van der Waals surface area contributed by atoms with Crippen molar-refractivity contribution >= 4 is 0 Å². The Bertz CT molecular complexity index is 782. The smallest absolute Gasteiger partial charge is 0.119 e. The third-order valence-corrected chi connectivity index (χ3v) is 7.26. The number of hydrogen-bond donors (Lipinski definition) is 0. The fourth-order valence-corrected chi connectivity index (χ4v) is 5.58. The van der Waals surface area contributed by atoms with E-state index in [-0.39, 0.29) is 5.41 Å². The molecule has 2 bridgehead atoms. The molecular formula is C24H29NO. The van der Waals surface area contributed by atoms with Gasteiger partial charge in [-0.05, 0) is 73.4 Å². The second-order valence-electron chi connectivity index (χ2n) is 8.58. The van der Waals surface area contributed by atoms with Gasteiger partial charge in [0.25, 0.3) is 0 Å². The number of piperidine rings is 1. The molecule has 0 radical (unpaired) electrons. The van der Waals surface area contributed by atoms with Crippen molar-refractivity contribution in [2.45, 2.75) is 50.0 Å². The zero-order valence-corrected chi connectivity index (χ0v) is 15.8. The Balaban J connectivity index is 1.56. The number of benzene rings is 2. The molecule has 3 aliphatic rings. The third-order valence-electron chi connectivity index (χ3n) is 7.26. The molecule has 0 aromatic heterocycles. The van der Waals surface area contributed by atoms with Crippen LogP contribution in [0.2, 0.25) is 0 Å². The number of ether oxygens (including phenoxy) is 1. The van der Waals surface area contributed by atoms with Gasteiger partial charge in [0.05, 0.1) is 7.11 Å². The highest BCUT2D eigenvalue weighted by atomic mass is 16.5. The van der Waals surface area contributed by atoms with Gasteiger partial charge in [-0.1, -0.05) is 42.8 Å². The molecule has 136 valence electrons. The average Bonchev–Trinajstić information content (AvgIpc) is 2.66. The fourth-order valence-electron chi connectivity index (χ4n) is 5.58. The van der Waals surface area contributed by atoms with Crippen molar-refractivity contribution in [3.8, 4) is 5.75 Å². The number of nitrogens with zero attached hydrogens (tertiary/aromatic N) is 1. The monoisotopic (exact) mass is 347 g/mol. The average molecular weight is 348 g/mol. The van der Waals surface area contributed by atoms with Crippen LogP contribution in [-0.2, 0) is 11.8 Å². The van der Waals surface area contributed by atoms with Crippen LogP contribution in [-0.4, -0.2) is 31.1 Å². The molecule has 1 saturated heterocycles. The van der Waals surface area contributed by atoms with Crippen molar-refractivity contribution in [1.82, 2.24) is 4.90 Å². The van der Waals surface area contributed by atoms with Crippen molar-refractivity contribution in [3.05, 3.63) is 65.2 Å². The topological polar surface area (TPSA) is 12.5 Å². The molecule has 1 aliphatic heterocycles. The van der Waals surface area contributed by atoms with Gasteiger partial charge in [0, 0.05) is 18.0 Å². The lowest BCUT2D eigenvalue weighted by molar-refractivity contribution is 0.0644. The summed E-state index contributed by atoms with van der Waals surface area (Å²) in [5.74, 6) is 1.95. The molecule has 2 unspecified atom stereocenters. The van der Waals surface area contributed by atoms with Crippen molar-refractivity contribution in [2.75, 3.05) is 20.2 Å². The lowest BCUT2D eigenvalue weighted by Gasteiger charge is -2.53. The molecule has 2 atom stereocenters. The normalized spacial score (nSPS) is 28.3. The molecule has 2 fully saturated rings. The Morgan fingerprint density at radius 3 is 2.69 bits per heavy atom. The van der Waals surface area contributed by atoms with Crippen molar-refractivity contribution in [1.29, 1.82) is 0 Å². The first-order valence-electron chi connectivity index (χ1n) is 10.3. The number of methoxy groups -OCH3 is 1. The standard InChI is InChI=1S/C24H29NO/c1-26-22-11-10-19-14-21-16-24(23(19)15-22,20-8-3-2-4-9-20)12-13-25(21)17-18-6-5-7-18/h2-4,8-11,15,18,21H,5-7,12-14,16-17H2,1H3. The number of rotatable bonds is 4. The summed E-state index contributed by atoms with van der Waals surface area (Å²) in [6.45, 7) is 2.55. The molecule has 0 amide bonds. The summed E-state index contributed by atoms with van der Waals surface area (Å²) in [4.78, 5) is 2.82. The van der Waals surface area contributed by atoms with Gasteiger partial charge < -0.3 is 4.74 Å². The Kier molecular flexibility index (Phi) is 4.04. The molecule has 5 rings (SSSR count). The van der Waals surface area contributed by atoms with Crippen LogP contribution in [0.4, 0.5) is 0 Å². The lowest BCUT2D eigenvalue weighted by atomic mass is 9.60. The maximum atomic E-state index is 5.58. The van der Waals surface area contributed by atoms with E-state index in [2.05, 4.69) is 53.4 Å². The zero-order valence-electron chi connectivity index (χ0n) is 15.8. The van der Waals surface area contributed by atoms with Gasteiger partial charge in [0.1, 0.15) is 5.75 Å². The van der Waals surface area contributed by atoms with E-state index in [1.807, 2.05) is 0 Å². The van der Waals surface area contributed by atoms with Crippen molar-refractivity contribution < 1.29 is 4.74 Å². The molecular weight excluding hydrogens is 318 g/mol. The molecule has 1 heterocycles. The van der Waals surface area contributed by atoms with Gasteiger partial charge in [0.2, 0.25) is 0 Å². The third kappa shape index (κ3) is 2.58. The number of hydrogen-bond acceptors (Lipinski definition) is 2. The van der Waals surface area contributed by atoms with Gasteiger partial charge in [-0.2, -0.15) is 0 Å². The van der Waals surface area contributed by atoms with E-state index in [0.717, 1.165) is 11.7 Å². The molecule has 0 spiro atoms. The van der Waals surface area contributed by atoms with Crippen LogP contribution < -0.4 is 4.74 Å². The molecule has 26 heavy (non-hydrogen) atoms. The van der Waals surface area contributed by atoms with Crippen LogP contribution in [0.3, 0.4) is 0 Å². The minimum atomic E-state index is 0.157. The molecule has 2 nitrogen and oxygen atoms in total. The summed E-state index contributed by atoms with van der Waals surface area (Å²) in [6, 6.07) is 18.7. The second kappa shape index (κ2) is 6.42. The predicted molar refractivity (Wildman–Crippen MR) is 106 cm³/mol. The highest BCUT2D eigenvalue weighted by molar-refractivity contribution is 5.50. The molecule has 1 saturated carbocycles. The Morgan fingerprint density at radius 1 is 1.12 bits per heavy atom. The first-order chi connectivity index (χ1) is 12.8. The number of fused-ring (bicyclic) bond motifs is 4. The summed E-state index contributed by atoms with van der Waals surface area (Å²) < 4.78 is 5.58. The van der Waals surface area contributed by atoms with Crippen LogP contribution in [0.25, 0.3) is 0 Å². The summed E-state index contributed by atoms with van der Waals surface area (Å²) >= 11 is 0. The maximum absolute atomic E-state index is 5.58. The zero-order chi connectivity index (χ0) is 17.6. The van der Waals surface area contributed by atoms with Gasteiger partial charge in [-0.3, -0.25) is 4.90 Å². The highest BCUT2D eigenvalue weighted by Crippen LogP contribution is 2.50. The van der Waals surface area contributed by atoms with Crippen molar-refractivity contribution in [2.24, 2.45) is 5.92 Å². The van der Waals surface area contributed by atoms with Crippen molar-refractivity contribution in [3.63, 3.8) is 0 Å². The van der Waals surface area contributed by atoms with Crippen LogP contribution in [0, 0.1) is 5.92 Å². The van der Waals surface area contributed by atoms with E-state index in [4.69, 9.17) is 4.74 Å². The van der Waals surface area contributed by atoms with Gasteiger partial charge in [-0.25, -0.2) is 0 Å². The van der Waals surface area contributed by atoms with E-state index in [1.165, 1.54) is 68.3 Å². The maximum Gasteiger partial charge on any atom is 0.119 e. The summed E-state index contributed by atoms with van der Waals surface area (Å²) in [5.41, 5.74) is 4.69. The first kappa shape index (κ1) is 16.4. The molecule has 2 heteroatoms. The lowest BCUT2D eigenvalue weighted by Crippen LogP contribution is -2.55. The highest BCUT2D eigenvalue weighted by Gasteiger charge is 2.47. The fraction of sp³-hybridized carbons (Fsp3) is 0.500. The van der Waals surface area contributed by atoms with Gasteiger partial charge >= 0.3 is 0 Å². The quantitative estimate of drug-likeness (QED) is 0.787. The molecule has 2 aromatic carbocycles. The van der Waals surface area contributed by atoms with E-state index < -0.39 is 0 Å². The van der Waals surface area contributed by atoms with Crippen LogP contribution in [0.15, 0.2) is 48.5 Å². The van der Waals surface area contributed by atoms with E-state index in [0.29, 0.717) is 6.04 Å². The van der Waals surface area contributed by atoms with Gasteiger partial charge in [-0.15, -0.1) is 0 Å². The summed E-state index contributed by atoms with van der Waals surface area (Å²) in [7, 11) is 1.78. The van der Waals surface area contributed by atoms with E-state index in [9.17, 15) is 0 Å². The Hall–Kier alpha value is -1.80. The van der Waals surface area contributed by atoms with E-state index in [1.54, 1.807) is 7.11 Å². The molecule has 0 N–H and O–H groups in total. The largest absolute Gasteiger partial charge is 0.497 e. The second-order valence-corrected chi connectivity index (χ2v) is 8.58.